The largest absolute Gasteiger partial charge is 0.318 e. The zero-order valence-electron chi connectivity index (χ0n) is 6.49. The molecule has 9 heavy (non-hydrogen) atoms. The van der Waals surface area contributed by atoms with E-state index >= 15 is 0 Å². The highest BCUT2D eigenvalue weighted by Gasteiger charge is 1.91. The van der Waals surface area contributed by atoms with E-state index in [0.29, 0.717) is 6.17 Å². The van der Waals surface area contributed by atoms with Crippen LogP contribution in [0.2, 0.25) is 0 Å². The van der Waals surface area contributed by atoms with Crippen LogP contribution in [0.15, 0.2) is 0 Å². The topological polar surface area (TPSA) is 36.1 Å². The molecule has 0 heterocycles. The highest BCUT2D eigenvalue weighted by atomic mass is 15.1. The van der Waals surface area contributed by atoms with Crippen molar-refractivity contribution in [2.24, 2.45) is 0 Å². The van der Waals surface area contributed by atoms with Crippen molar-refractivity contribution in [1.29, 1.82) is 0 Å². The molecule has 0 amide bonds. The summed E-state index contributed by atoms with van der Waals surface area (Å²) < 4.78 is 0. The van der Waals surface area contributed by atoms with Gasteiger partial charge in [-0.15, -0.1) is 0 Å². The summed E-state index contributed by atoms with van der Waals surface area (Å²) in [5.74, 6) is 0. The predicted octanol–water partition coefficient (Wildman–Crippen LogP) is -0.639. The fourth-order valence-electron chi connectivity index (χ4n) is 0.516. The number of likely N-dealkylation sites (N-methyl/N-ethyl adjacent to an activating group) is 1. The molecule has 3 N–H and O–H groups in total. The number of hydrogen-bond donors (Lipinski definition) is 3. The third-order valence-electron chi connectivity index (χ3n) is 1.26. The monoisotopic (exact) mass is 131 g/mol. The van der Waals surface area contributed by atoms with Gasteiger partial charge in [0.25, 0.3) is 0 Å². The molecule has 0 spiro atoms. The maximum atomic E-state index is 3.26. The lowest BCUT2D eigenvalue weighted by Crippen LogP contribution is -2.40. The van der Waals surface area contributed by atoms with E-state index in [9.17, 15) is 0 Å². The molecule has 0 aromatic carbocycles. The molecule has 3 heteroatoms. The number of hydrogen-bond acceptors (Lipinski definition) is 3. The van der Waals surface area contributed by atoms with Crippen molar-refractivity contribution < 1.29 is 0 Å². The third kappa shape index (κ3) is 5.76. The molecular weight excluding hydrogens is 114 g/mol. The average Bonchev–Trinajstić information content (AvgIpc) is 1.89. The van der Waals surface area contributed by atoms with Gasteiger partial charge in [-0.25, -0.2) is 0 Å². The van der Waals surface area contributed by atoms with E-state index in [4.69, 9.17) is 0 Å². The van der Waals surface area contributed by atoms with Crippen molar-refractivity contribution in [1.82, 2.24) is 16.0 Å². The molecule has 0 aliphatic rings. The second-order valence-electron chi connectivity index (χ2n) is 2.07. The summed E-state index contributed by atoms with van der Waals surface area (Å²) in [5, 5.41) is 9.40. The summed E-state index contributed by atoms with van der Waals surface area (Å²) in [6, 6.07) is 0. The minimum Gasteiger partial charge on any atom is -0.318 e. The molecule has 0 bridgehead atoms. The first kappa shape index (κ1) is 8.88. The molecule has 0 saturated heterocycles. The van der Waals surface area contributed by atoms with Crippen LogP contribution in [0.4, 0.5) is 0 Å². The first-order valence-electron chi connectivity index (χ1n) is 3.36. The molecule has 3 nitrogen and oxygen atoms in total. The first-order valence-corrected chi connectivity index (χ1v) is 3.36. The van der Waals surface area contributed by atoms with Crippen LogP contribution in [-0.2, 0) is 0 Å². The average molecular weight is 131 g/mol. The number of nitrogens with one attached hydrogen (secondary N) is 3. The molecule has 0 aliphatic carbocycles. The zero-order chi connectivity index (χ0) is 7.11. The summed E-state index contributed by atoms with van der Waals surface area (Å²) in [4.78, 5) is 0. The Hall–Kier alpha value is -0.120. The van der Waals surface area contributed by atoms with Gasteiger partial charge < -0.3 is 16.0 Å². The molecule has 0 saturated carbocycles. The fourth-order valence-corrected chi connectivity index (χ4v) is 0.516. The maximum absolute atomic E-state index is 3.26. The molecule has 0 rings (SSSR count). The van der Waals surface area contributed by atoms with Gasteiger partial charge in [0.1, 0.15) is 0 Å². The van der Waals surface area contributed by atoms with Gasteiger partial charge in [0.15, 0.2) is 0 Å². The SMILES string of the molecule is CNCCN[C@@H](C)NC. The Labute approximate surface area is 57.2 Å². The summed E-state index contributed by atoms with van der Waals surface area (Å²) >= 11 is 0. The molecule has 0 aromatic heterocycles. The van der Waals surface area contributed by atoms with Gasteiger partial charge in [0.2, 0.25) is 0 Å². The Kier molecular flexibility index (Phi) is 5.93. The van der Waals surface area contributed by atoms with Gasteiger partial charge in [-0.2, -0.15) is 0 Å². The van der Waals surface area contributed by atoms with E-state index in [1.165, 1.54) is 0 Å². The Bertz CT molecular complexity index is 56.3. The zero-order valence-corrected chi connectivity index (χ0v) is 6.49. The molecule has 0 aromatic rings. The minimum absolute atomic E-state index is 0.415. The van der Waals surface area contributed by atoms with Crippen molar-refractivity contribution in [2.75, 3.05) is 27.2 Å². The van der Waals surface area contributed by atoms with Crippen LogP contribution in [-0.4, -0.2) is 33.4 Å². The van der Waals surface area contributed by atoms with Crippen molar-refractivity contribution >= 4 is 0 Å². The standard InChI is InChI=1S/C6H17N3/c1-6(8-3)9-5-4-7-2/h6-9H,4-5H2,1-3H3/t6-/m0/s1. The van der Waals surface area contributed by atoms with Gasteiger partial charge in [-0.05, 0) is 21.0 Å². The van der Waals surface area contributed by atoms with Crippen molar-refractivity contribution in [3.8, 4) is 0 Å². The molecule has 56 valence electrons. The third-order valence-corrected chi connectivity index (χ3v) is 1.26. The molecule has 1 atom stereocenters. The Morgan fingerprint density at radius 2 is 1.89 bits per heavy atom. The van der Waals surface area contributed by atoms with Crippen LogP contribution in [0.1, 0.15) is 6.92 Å². The Morgan fingerprint density at radius 3 is 2.33 bits per heavy atom. The highest BCUT2D eigenvalue weighted by molar-refractivity contribution is 4.54. The summed E-state index contributed by atoms with van der Waals surface area (Å²) in [6.45, 7) is 4.13. The molecule has 0 aliphatic heterocycles. The van der Waals surface area contributed by atoms with Gasteiger partial charge in [-0.3, -0.25) is 0 Å². The maximum Gasteiger partial charge on any atom is 0.0540 e. The predicted molar refractivity (Wildman–Crippen MR) is 40.5 cm³/mol. The van der Waals surface area contributed by atoms with Gasteiger partial charge in [-0.1, -0.05) is 0 Å². The van der Waals surface area contributed by atoms with Crippen LogP contribution in [0.5, 0.6) is 0 Å². The summed E-state index contributed by atoms with van der Waals surface area (Å²) in [5.41, 5.74) is 0. The quantitative estimate of drug-likeness (QED) is 0.343. The molecule has 0 radical (unpaired) electrons. The van der Waals surface area contributed by atoms with Crippen molar-refractivity contribution in [3.05, 3.63) is 0 Å². The lowest BCUT2D eigenvalue weighted by atomic mass is 10.5. The second-order valence-corrected chi connectivity index (χ2v) is 2.07. The Balaban J connectivity index is 2.88. The van der Waals surface area contributed by atoms with E-state index < -0.39 is 0 Å². The van der Waals surface area contributed by atoms with E-state index in [1.807, 2.05) is 14.1 Å². The highest BCUT2D eigenvalue weighted by Crippen LogP contribution is 1.67. The second kappa shape index (κ2) is 6.01. The lowest BCUT2D eigenvalue weighted by molar-refractivity contribution is 0.487. The van der Waals surface area contributed by atoms with Gasteiger partial charge in [0, 0.05) is 13.1 Å². The number of rotatable bonds is 5. The lowest BCUT2D eigenvalue weighted by Gasteiger charge is -2.11. The van der Waals surface area contributed by atoms with Crippen molar-refractivity contribution in [2.45, 2.75) is 13.1 Å². The van der Waals surface area contributed by atoms with Crippen LogP contribution < -0.4 is 16.0 Å². The summed E-state index contributed by atoms with van der Waals surface area (Å²) in [6.07, 6.45) is 0.415. The first-order chi connectivity index (χ1) is 4.31. The normalized spacial score (nSPS) is 13.7. The van der Waals surface area contributed by atoms with E-state index in [0.717, 1.165) is 13.1 Å². The minimum atomic E-state index is 0.415. The van der Waals surface area contributed by atoms with Gasteiger partial charge >= 0.3 is 0 Å². The van der Waals surface area contributed by atoms with Crippen LogP contribution >= 0.6 is 0 Å². The molecular formula is C6H17N3. The van der Waals surface area contributed by atoms with E-state index in [-0.39, 0.29) is 0 Å². The molecule has 0 unspecified atom stereocenters. The van der Waals surface area contributed by atoms with E-state index in [2.05, 4.69) is 22.9 Å². The smallest absolute Gasteiger partial charge is 0.0540 e. The van der Waals surface area contributed by atoms with Crippen LogP contribution in [0.3, 0.4) is 0 Å². The van der Waals surface area contributed by atoms with Gasteiger partial charge in [0.05, 0.1) is 6.17 Å². The summed E-state index contributed by atoms with van der Waals surface area (Å²) in [7, 11) is 3.89. The van der Waals surface area contributed by atoms with Crippen LogP contribution in [0.25, 0.3) is 0 Å². The van der Waals surface area contributed by atoms with Crippen LogP contribution in [0, 0.1) is 0 Å². The van der Waals surface area contributed by atoms with E-state index in [1.54, 1.807) is 0 Å². The van der Waals surface area contributed by atoms with Crippen molar-refractivity contribution in [3.63, 3.8) is 0 Å². The fraction of sp³-hybridized carbons (Fsp3) is 1.00. The molecule has 0 fully saturated rings. The Morgan fingerprint density at radius 1 is 1.22 bits per heavy atom.